The van der Waals surface area contributed by atoms with E-state index in [9.17, 15) is 14.0 Å². The van der Waals surface area contributed by atoms with Crippen LogP contribution in [0.25, 0.3) is 16.6 Å². The number of fused-ring (bicyclic) bond motifs is 1. The summed E-state index contributed by atoms with van der Waals surface area (Å²) < 4.78 is 21.7. The van der Waals surface area contributed by atoms with Gasteiger partial charge in [0.15, 0.2) is 0 Å². The number of imidazole rings is 1. The molecule has 1 fully saturated rings. The molecule has 38 heavy (non-hydrogen) atoms. The van der Waals surface area contributed by atoms with Crippen LogP contribution in [0.1, 0.15) is 64.7 Å². The third-order valence-corrected chi connectivity index (χ3v) is 6.81. The van der Waals surface area contributed by atoms with E-state index in [0.29, 0.717) is 17.7 Å². The van der Waals surface area contributed by atoms with E-state index in [2.05, 4.69) is 15.2 Å². The molecule has 3 heterocycles. The predicted molar refractivity (Wildman–Crippen MR) is 147 cm³/mol. The number of anilines is 1. The van der Waals surface area contributed by atoms with Gasteiger partial charge in [-0.1, -0.05) is 6.07 Å². The highest BCUT2D eigenvalue weighted by molar-refractivity contribution is 6.03. The lowest BCUT2D eigenvalue weighted by Crippen LogP contribution is -2.46. The molecule has 0 saturated carbocycles. The normalized spacial score (nSPS) is 14.7. The van der Waals surface area contributed by atoms with Crippen LogP contribution in [-0.2, 0) is 4.74 Å². The van der Waals surface area contributed by atoms with E-state index in [1.54, 1.807) is 23.5 Å². The van der Waals surface area contributed by atoms with Crippen molar-refractivity contribution in [2.45, 2.75) is 72.1 Å². The van der Waals surface area contributed by atoms with Gasteiger partial charge in [-0.15, -0.1) is 0 Å². The Hall–Kier alpha value is -3.62. The molecule has 0 atom stereocenters. The van der Waals surface area contributed by atoms with Crippen LogP contribution >= 0.6 is 0 Å². The number of halogens is 1. The Labute approximate surface area is 223 Å². The van der Waals surface area contributed by atoms with Gasteiger partial charge in [0.2, 0.25) is 0 Å². The fourth-order valence-electron chi connectivity index (χ4n) is 4.99. The standard InChI is InChI=1S/C29H38FN5O3/c1-7-35(19(2)3)27(36)25-14-20(30)8-9-23(25)24-15-22(17-34-18-31-16-26(24)34)33-12-10-21(11-13-33)32-28(37)38-29(4,5)6/h8-9,14-19,21H,7,10-13H2,1-6H3,(H,32,37). The number of nitrogens with zero attached hydrogens (tertiary/aromatic N) is 4. The summed E-state index contributed by atoms with van der Waals surface area (Å²) in [5.41, 5.74) is 3.09. The first-order chi connectivity index (χ1) is 18.0. The summed E-state index contributed by atoms with van der Waals surface area (Å²) in [6.07, 6.45) is 6.66. The minimum absolute atomic E-state index is 0.0134. The van der Waals surface area contributed by atoms with Crippen molar-refractivity contribution in [3.63, 3.8) is 0 Å². The maximum atomic E-state index is 14.4. The number of alkyl carbamates (subject to hydrolysis) is 1. The minimum atomic E-state index is -0.536. The first-order valence-corrected chi connectivity index (χ1v) is 13.3. The molecule has 0 spiro atoms. The van der Waals surface area contributed by atoms with Gasteiger partial charge in [-0.2, -0.15) is 0 Å². The number of hydrogen-bond donors (Lipinski definition) is 1. The monoisotopic (exact) mass is 523 g/mol. The molecule has 9 heteroatoms. The summed E-state index contributed by atoms with van der Waals surface area (Å²) in [4.78, 5) is 34.0. The summed E-state index contributed by atoms with van der Waals surface area (Å²) >= 11 is 0. The summed E-state index contributed by atoms with van der Waals surface area (Å²) in [6, 6.07) is 6.48. The molecule has 0 bridgehead atoms. The number of carbonyl (C=O) groups excluding carboxylic acids is 2. The van der Waals surface area contributed by atoms with Gasteiger partial charge in [0, 0.05) is 43.5 Å². The third-order valence-electron chi connectivity index (χ3n) is 6.81. The van der Waals surface area contributed by atoms with Gasteiger partial charge in [0.1, 0.15) is 11.4 Å². The van der Waals surface area contributed by atoms with Crippen LogP contribution in [0.15, 0.2) is 43.0 Å². The van der Waals surface area contributed by atoms with Crippen molar-refractivity contribution in [1.82, 2.24) is 19.6 Å². The molecule has 2 aromatic heterocycles. The van der Waals surface area contributed by atoms with E-state index in [-0.39, 0.29) is 18.0 Å². The molecule has 0 aliphatic carbocycles. The van der Waals surface area contributed by atoms with Crippen LogP contribution < -0.4 is 10.2 Å². The van der Waals surface area contributed by atoms with Crippen LogP contribution in [0.5, 0.6) is 0 Å². The Morgan fingerprint density at radius 3 is 2.53 bits per heavy atom. The molecule has 0 unspecified atom stereocenters. The van der Waals surface area contributed by atoms with Crippen LogP contribution in [0.3, 0.4) is 0 Å². The molecule has 1 aliphatic rings. The van der Waals surface area contributed by atoms with Gasteiger partial charge in [-0.3, -0.25) is 4.79 Å². The predicted octanol–water partition coefficient (Wildman–Crippen LogP) is 5.50. The number of benzene rings is 1. The summed E-state index contributed by atoms with van der Waals surface area (Å²) in [7, 11) is 0. The quantitative estimate of drug-likeness (QED) is 0.461. The molecule has 0 radical (unpaired) electrons. The maximum Gasteiger partial charge on any atom is 0.407 e. The Morgan fingerprint density at radius 1 is 1.18 bits per heavy atom. The van der Waals surface area contributed by atoms with Gasteiger partial charge >= 0.3 is 6.09 Å². The van der Waals surface area contributed by atoms with Crippen LogP contribution in [0.2, 0.25) is 0 Å². The van der Waals surface area contributed by atoms with E-state index in [1.807, 2.05) is 58.2 Å². The Bertz CT molecular complexity index is 1310. The van der Waals surface area contributed by atoms with E-state index in [4.69, 9.17) is 4.74 Å². The number of hydrogen-bond acceptors (Lipinski definition) is 5. The molecule has 1 N–H and O–H groups in total. The molecule has 204 valence electrons. The molecule has 1 saturated heterocycles. The zero-order chi connectivity index (χ0) is 27.6. The molecule has 8 nitrogen and oxygen atoms in total. The number of nitrogens with one attached hydrogen (secondary N) is 1. The zero-order valence-corrected chi connectivity index (χ0v) is 23.1. The lowest BCUT2D eigenvalue weighted by atomic mass is 9.97. The smallest absolute Gasteiger partial charge is 0.407 e. The van der Waals surface area contributed by atoms with Crippen molar-refractivity contribution in [3.8, 4) is 11.1 Å². The van der Waals surface area contributed by atoms with Crippen molar-refractivity contribution in [2.24, 2.45) is 0 Å². The number of carbonyl (C=O) groups is 2. The van der Waals surface area contributed by atoms with Gasteiger partial charge in [0.05, 0.1) is 29.3 Å². The number of aromatic nitrogens is 2. The third kappa shape index (κ3) is 6.09. The first kappa shape index (κ1) is 27.4. The molecular formula is C29H38FN5O3. The van der Waals surface area contributed by atoms with E-state index >= 15 is 0 Å². The molecule has 4 rings (SSSR count). The van der Waals surface area contributed by atoms with Crippen LogP contribution in [0, 0.1) is 5.82 Å². The number of piperidine rings is 1. The second-order valence-corrected chi connectivity index (χ2v) is 11.1. The largest absolute Gasteiger partial charge is 0.444 e. The van der Waals surface area contributed by atoms with Gasteiger partial charge in [0.25, 0.3) is 5.91 Å². The maximum absolute atomic E-state index is 14.4. The second-order valence-electron chi connectivity index (χ2n) is 11.1. The highest BCUT2D eigenvalue weighted by Crippen LogP contribution is 2.34. The highest BCUT2D eigenvalue weighted by atomic mass is 19.1. The van der Waals surface area contributed by atoms with E-state index in [0.717, 1.165) is 42.7 Å². The fraction of sp³-hybridized carbons (Fsp3) is 0.483. The summed E-state index contributed by atoms with van der Waals surface area (Å²) in [5.74, 6) is -0.647. The number of rotatable bonds is 6. The minimum Gasteiger partial charge on any atom is -0.444 e. The SMILES string of the molecule is CCN(C(=O)c1cc(F)ccc1-c1cc(N2CCC(NC(=O)OC(C)(C)C)CC2)cn2cncc12)C(C)C. The Kier molecular flexibility index (Phi) is 7.94. The number of ether oxygens (including phenoxy) is 1. The van der Waals surface area contributed by atoms with Crippen molar-refractivity contribution in [1.29, 1.82) is 0 Å². The molecular weight excluding hydrogens is 485 g/mol. The average Bonchev–Trinajstić information content (AvgIpc) is 3.32. The van der Waals surface area contributed by atoms with Gasteiger partial charge in [-0.05, 0) is 78.1 Å². The number of amides is 2. The van der Waals surface area contributed by atoms with E-state index in [1.165, 1.54) is 12.1 Å². The number of pyridine rings is 1. The first-order valence-electron chi connectivity index (χ1n) is 13.3. The summed E-state index contributed by atoms with van der Waals surface area (Å²) in [5, 5.41) is 2.98. The molecule has 3 aromatic rings. The van der Waals surface area contributed by atoms with Gasteiger partial charge < -0.3 is 24.3 Å². The topological polar surface area (TPSA) is 79.2 Å². The molecule has 2 amide bonds. The average molecular weight is 524 g/mol. The second kappa shape index (κ2) is 11.0. The lowest BCUT2D eigenvalue weighted by molar-refractivity contribution is 0.0496. The Balaban J connectivity index is 1.63. The van der Waals surface area contributed by atoms with Crippen LogP contribution in [-0.4, -0.2) is 63.6 Å². The van der Waals surface area contributed by atoms with Crippen molar-refractivity contribution in [3.05, 3.63) is 54.4 Å². The van der Waals surface area contributed by atoms with Crippen molar-refractivity contribution >= 4 is 23.2 Å². The van der Waals surface area contributed by atoms with Crippen molar-refractivity contribution < 1.29 is 18.7 Å². The van der Waals surface area contributed by atoms with Crippen molar-refractivity contribution in [2.75, 3.05) is 24.5 Å². The van der Waals surface area contributed by atoms with Crippen LogP contribution in [0.4, 0.5) is 14.9 Å². The Morgan fingerprint density at radius 2 is 1.89 bits per heavy atom. The van der Waals surface area contributed by atoms with E-state index < -0.39 is 17.5 Å². The van der Waals surface area contributed by atoms with Gasteiger partial charge in [-0.25, -0.2) is 14.2 Å². The zero-order valence-electron chi connectivity index (χ0n) is 23.1. The molecule has 1 aromatic carbocycles. The fourth-order valence-corrected chi connectivity index (χ4v) is 4.99. The highest BCUT2D eigenvalue weighted by Gasteiger charge is 2.26. The lowest BCUT2D eigenvalue weighted by Gasteiger charge is -2.34. The molecule has 1 aliphatic heterocycles. The summed E-state index contributed by atoms with van der Waals surface area (Å²) in [6.45, 7) is 13.4.